The first kappa shape index (κ1) is 11.4. The highest BCUT2D eigenvalue weighted by Crippen LogP contribution is 2.23. The van der Waals surface area contributed by atoms with Crippen LogP contribution < -0.4 is 5.32 Å². The molecule has 94 valence electrons. The number of aromatic nitrogens is 2. The van der Waals surface area contributed by atoms with E-state index in [2.05, 4.69) is 27.6 Å². The van der Waals surface area contributed by atoms with Crippen molar-refractivity contribution in [2.75, 3.05) is 18.5 Å². The van der Waals surface area contributed by atoms with E-state index < -0.39 is 0 Å². The third-order valence-electron chi connectivity index (χ3n) is 3.37. The van der Waals surface area contributed by atoms with Crippen molar-refractivity contribution in [2.24, 2.45) is 0 Å². The van der Waals surface area contributed by atoms with Crippen molar-refractivity contribution in [2.45, 2.75) is 25.8 Å². The molecule has 0 amide bonds. The van der Waals surface area contributed by atoms with Crippen molar-refractivity contribution in [3.05, 3.63) is 30.0 Å². The molecule has 1 fully saturated rings. The van der Waals surface area contributed by atoms with Gasteiger partial charge in [-0.1, -0.05) is 24.3 Å². The number of ether oxygens (including phenoxy) is 1. The standard InChI is InChI=1S/C14H17N3O/c1-10-12-6-2-3-7-13(12)14(17-16-10)15-11-5-4-8-18-9-11/h2-3,6-7,11H,4-5,8-9H2,1H3,(H,15,17). The van der Waals surface area contributed by atoms with Crippen LogP contribution in [0.4, 0.5) is 5.82 Å². The Kier molecular flexibility index (Phi) is 3.11. The molecule has 18 heavy (non-hydrogen) atoms. The second kappa shape index (κ2) is 4.90. The molecule has 2 aromatic rings. The number of nitrogens with one attached hydrogen (secondary N) is 1. The number of hydrogen-bond donors (Lipinski definition) is 1. The number of aryl methyl sites for hydroxylation is 1. The Balaban J connectivity index is 1.94. The van der Waals surface area contributed by atoms with Gasteiger partial charge in [0.25, 0.3) is 0 Å². The lowest BCUT2D eigenvalue weighted by Gasteiger charge is -2.24. The summed E-state index contributed by atoms with van der Waals surface area (Å²) in [5.41, 5.74) is 0.969. The topological polar surface area (TPSA) is 47.0 Å². The number of benzene rings is 1. The summed E-state index contributed by atoms with van der Waals surface area (Å²) in [6.07, 6.45) is 2.23. The fraction of sp³-hybridized carbons (Fsp3) is 0.429. The number of fused-ring (bicyclic) bond motifs is 1. The molecule has 3 rings (SSSR count). The van der Waals surface area contributed by atoms with Crippen LogP contribution in [0.15, 0.2) is 24.3 Å². The van der Waals surface area contributed by atoms with Crippen molar-refractivity contribution in [1.29, 1.82) is 0 Å². The van der Waals surface area contributed by atoms with E-state index in [4.69, 9.17) is 4.74 Å². The van der Waals surface area contributed by atoms with Gasteiger partial charge >= 0.3 is 0 Å². The molecule has 1 aromatic carbocycles. The third kappa shape index (κ3) is 2.16. The summed E-state index contributed by atoms with van der Waals surface area (Å²) in [6.45, 7) is 3.62. The highest BCUT2D eigenvalue weighted by atomic mass is 16.5. The summed E-state index contributed by atoms with van der Waals surface area (Å²) in [6, 6.07) is 8.58. The highest BCUT2D eigenvalue weighted by Gasteiger charge is 2.15. The van der Waals surface area contributed by atoms with E-state index in [-0.39, 0.29) is 0 Å². The molecule has 4 heteroatoms. The molecule has 4 nitrogen and oxygen atoms in total. The molecule has 1 atom stereocenters. The number of rotatable bonds is 2. The van der Waals surface area contributed by atoms with Crippen LogP contribution in [0.25, 0.3) is 10.8 Å². The quantitative estimate of drug-likeness (QED) is 0.880. The second-order valence-electron chi connectivity index (χ2n) is 4.74. The van der Waals surface area contributed by atoms with Gasteiger partial charge in [-0.2, -0.15) is 5.10 Å². The Morgan fingerprint density at radius 2 is 2.06 bits per heavy atom. The van der Waals surface area contributed by atoms with Crippen molar-refractivity contribution >= 4 is 16.6 Å². The largest absolute Gasteiger partial charge is 0.379 e. The molecule has 2 heterocycles. The van der Waals surface area contributed by atoms with E-state index >= 15 is 0 Å². The van der Waals surface area contributed by atoms with Crippen LogP contribution in [0.2, 0.25) is 0 Å². The summed E-state index contributed by atoms with van der Waals surface area (Å²) < 4.78 is 5.48. The summed E-state index contributed by atoms with van der Waals surface area (Å²) in [5.74, 6) is 0.867. The molecular weight excluding hydrogens is 226 g/mol. The summed E-state index contributed by atoms with van der Waals surface area (Å²) in [7, 11) is 0. The molecule has 0 aliphatic carbocycles. The maximum absolute atomic E-state index is 5.48. The van der Waals surface area contributed by atoms with Crippen molar-refractivity contribution in [3.8, 4) is 0 Å². The van der Waals surface area contributed by atoms with Crippen LogP contribution in [-0.2, 0) is 4.74 Å². The molecule has 0 spiro atoms. The zero-order valence-electron chi connectivity index (χ0n) is 10.5. The molecule has 0 bridgehead atoms. The molecule has 1 aliphatic rings. The number of hydrogen-bond acceptors (Lipinski definition) is 4. The zero-order valence-corrected chi connectivity index (χ0v) is 10.5. The Bertz CT molecular complexity index is 550. The van der Waals surface area contributed by atoms with Gasteiger partial charge in [0.05, 0.1) is 18.3 Å². The van der Waals surface area contributed by atoms with E-state index in [9.17, 15) is 0 Å². The van der Waals surface area contributed by atoms with Crippen LogP contribution in [0.1, 0.15) is 18.5 Å². The maximum Gasteiger partial charge on any atom is 0.156 e. The Morgan fingerprint density at radius 1 is 1.22 bits per heavy atom. The van der Waals surface area contributed by atoms with E-state index in [1.165, 1.54) is 0 Å². The van der Waals surface area contributed by atoms with Crippen LogP contribution >= 0.6 is 0 Å². The van der Waals surface area contributed by atoms with Crippen LogP contribution in [0.3, 0.4) is 0 Å². The zero-order chi connectivity index (χ0) is 12.4. The smallest absolute Gasteiger partial charge is 0.156 e. The van der Waals surface area contributed by atoms with Gasteiger partial charge in [0.2, 0.25) is 0 Å². The summed E-state index contributed by atoms with van der Waals surface area (Å²) >= 11 is 0. The lowest BCUT2D eigenvalue weighted by atomic mass is 10.1. The average Bonchev–Trinajstić information content (AvgIpc) is 2.44. The van der Waals surface area contributed by atoms with E-state index in [0.717, 1.165) is 48.3 Å². The molecule has 1 N–H and O–H groups in total. The van der Waals surface area contributed by atoms with Gasteiger partial charge in [-0.05, 0) is 19.8 Å². The van der Waals surface area contributed by atoms with E-state index in [1.54, 1.807) is 0 Å². The van der Waals surface area contributed by atoms with Crippen molar-refractivity contribution in [3.63, 3.8) is 0 Å². The average molecular weight is 243 g/mol. The SMILES string of the molecule is Cc1nnc(NC2CCCOC2)c2ccccc12. The van der Waals surface area contributed by atoms with Crippen molar-refractivity contribution in [1.82, 2.24) is 10.2 Å². The maximum atomic E-state index is 5.48. The van der Waals surface area contributed by atoms with Crippen LogP contribution in [0.5, 0.6) is 0 Å². The molecule has 0 radical (unpaired) electrons. The molecule has 1 aliphatic heterocycles. The second-order valence-corrected chi connectivity index (χ2v) is 4.74. The van der Waals surface area contributed by atoms with Gasteiger partial charge in [0, 0.05) is 17.4 Å². The normalized spacial score (nSPS) is 19.9. The monoisotopic (exact) mass is 243 g/mol. The molecular formula is C14H17N3O. The highest BCUT2D eigenvalue weighted by molar-refractivity contribution is 5.92. The van der Waals surface area contributed by atoms with Gasteiger partial charge in [0.15, 0.2) is 5.82 Å². The van der Waals surface area contributed by atoms with Gasteiger partial charge in [0.1, 0.15) is 0 Å². The van der Waals surface area contributed by atoms with Gasteiger partial charge in [-0.3, -0.25) is 0 Å². The Labute approximate surface area is 106 Å². The molecule has 1 aromatic heterocycles. The van der Waals surface area contributed by atoms with E-state index in [0.29, 0.717) is 6.04 Å². The first-order valence-electron chi connectivity index (χ1n) is 6.41. The van der Waals surface area contributed by atoms with Crippen LogP contribution in [-0.4, -0.2) is 29.5 Å². The molecule has 1 saturated heterocycles. The van der Waals surface area contributed by atoms with Gasteiger partial charge < -0.3 is 10.1 Å². The van der Waals surface area contributed by atoms with E-state index in [1.807, 2.05) is 19.1 Å². The van der Waals surface area contributed by atoms with Gasteiger partial charge in [-0.25, -0.2) is 0 Å². The predicted octanol–water partition coefficient (Wildman–Crippen LogP) is 2.53. The Morgan fingerprint density at radius 3 is 2.83 bits per heavy atom. The minimum atomic E-state index is 0.346. The fourth-order valence-electron chi connectivity index (χ4n) is 2.39. The number of anilines is 1. The predicted molar refractivity (Wildman–Crippen MR) is 71.7 cm³/mol. The van der Waals surface area contributed by atoms with Crippen LogP contribution in [0, 0.1) is 6.92 Å². The summed E-state index contributed by atoms with van der Waals surface area (Å²) in [4.78, 5) is 0. The minimum Gasteiger partial charge on any atom is -0.379 e. The van der Waals surface area contributed by atoms with Crippen molar-refractivity contribution < 1.29 is 4.74 Å². The first-order valence-corrected chi connectivity index (χ1v) is 6.41. The minimum absolute atomic E-state index is 0.346. The fourth-order valence-corrected chi connectivity index (χ4v) is 2.39. The Hall–Kier alpha value is -1.68. The molecule has 1 unspecified atom stereocenters. The lowest BCUT2D eigenvalue weighted by molar-refractivity contribution is 0.0875. The summed E-state index contributed by atoms with van der Waals surface area (Å²) in [5, 5.41) is 14.2. The lowest BCUT2D eigenvalue weighted by Crippen LogP contribution is -2.30. The number of nitrogens with zero attached hydrogens (tertiary/aromatic N) is 2. The first-order chi connectivity index (χ1) is 8.84. The third-order valence-corrected chi connectivity index (χ3v) is 3.37. The van der Waals surface area contributed by atoms with Gasteiger partial charge in [-0.15, -0.1) is 5.10 Å². The molecule has 0 saturated carbocycles.